The van der Waals surface area contributed by atoms with Crippen molar-refractivity contribution in [3.05, 3.63) is 11.8 Å². The number of rotatable bonds is 7. The largest absolute Gasteiger partial charge is 0.376 e. The predicted molar refractivity (Wildman–Crippen MR) is 106 cm³/mol. The van der Waals surface area contributed by atoms with Crippen molar-refractivity contribution in [3.8, 4) is 0 Å². The zero-order valence-electron chi connectivity index (χ0n) is 15.9. The summed E-state index contributed by atoms with van der Waals surface area (Å²) in [6, 6.07) is 0. The molecule has 0 saturated carbocycles. The maximum atomic E-state index is 6.71. The minimum Gasteiger partial charge on any atom is -0.376 e. The molecule has 2 aliphatic heterocycles. The van der Waals surface area contributed by atoms with Crippen LogP contribution in [0.25, 0.3) is 0 Å². The Morgan fingerprint density at radius 1 is 0.913 bits per heavy atom. The molecule has 3 unspecified atom stereocenters. The first-order chi connectivity index (χ1) is 11.1. The van der Waals surface area contributed by atoms with Crippen molar-refractivity contribution >= 4 is 17.6 Å². The van der Waals surface area contributed by atoms with Crippen LogP contribution in [0.15, 0.2) is 11.8 Å². The summed E-state index contributed by atoms with van der Waals surface area (Å²) < 4.78 is 13.4. The van der Waals surface area contributed by atoms with Crippen LogP contribution in [-0.4, -0.2) is 41.3 Å². The molecule has 2 nitrogen and oxygen atoms in total. The van der Waals surface area contributed by atoms with Crippen LogP contribution in [0.1, 0.15) is 64.7 Å². The van der Waals surface area contributed by atoms with Crippen molar-refractivity contribution in [3.63, 3.8) is 0 Å². The lowest BCUT2D eigenvalue weighted by atomic mass is 9.96. The van der Waals surface area contributed by atoms with Crippen LogP contribution in [0, 0.1) is 0 Å². The van der Waals surface area contributed by atoms with Crippen LogP contribution in [0.2, 0.25) is 19.6 Å². The number of ether oxygens (including phenoxy) is 2. The zero-order chi connectivity index (χ0) is 16.8. The number of unbranched alkanes of at least 4 members (excludes halogenated alkanes) is 2. The fraction of sp³-hybridized carbons (Fsp3) is 0.895. The number of hydrogen-bond donors (Lipinski definition) is 0. The quantitative estimate of drug-likeness (QED) is 0.492. The molecule has 0 aromatic heterocycles. The Labute approximate surface area is 147 Å². The first kappa shape index (κ1) is 19.4. The Morgan fingerprint density at radius 2 is 1.52 bits per heavy atom. The molecule has 2 heterocycles. The Kier molecular flexibility index (Phi) is 7.58. The summed E-state index contributed by atoms with van der Waals surface area (Å²) in [6.45, 7) is 11.7. The summed E-state index contributed by atoms with van der Waals surface area (Å²) in [7, 11) is -2.13. The molecule has 0 radical (unpaired) electrons. The highest BCUT2D eigenvalue weighted by Crippen LogP contribution is 2.46. The molecule has 0 N–H and O–H groups in total. The monoisotopic (exact) mass is 354 g/mol. The number of allylic oxidation sites excluding steroid dienone is 1. The summed E-state index contributed by atoms with van der Waals surface area (Å²) >= 11 is 0. The average molecular weight is 355 g/mol. The molecule has 0 spiro atoms. The van der Waals surface area contributed by atoms with Gasteiger partial charge in [-0.3, -0.25) is 0 Å². The SMILES string of the molecule is CCCCC=C[SiH](C)C1(C2([SiH](C)C)CCCCO2)CCCCO1. The van der Waals surface area contributed by atoms with Gasteiger partial charge in [0.2, 0.25) is 0 Å². The molecule has 0 amide bonds. The van der Waals surface area contributed by atoms with Crippen molar-refractivity contribution < 1.29 is 9.47 Å². The van der Waals surface area contributed by atoms with Crippen LogP contribution in [0.4, 0.5) is 0 Å². The van der Waals surface area contributed by atoms with Gasteiger partial charge in [-0.2, -0.15) is 0 Å². The molecule has 2 rings (SSSR count). The highest BCUT2D eigenvalue weighted by Gasteiger charge is 2.58. The fourth-order valence-corrected chi connectivity index (χ4v) is 11.9. The predicted octanol–water partition coefficient (Wildman–Crippen LogP) is 4.57. The highest BCUT2D eigenvalue weighted by atomic mass is 28.3. The summed E-state index contributed by atoms with van der Waals surface area (Å²) in [6.07, 6.45) is 13.9. The van der Waals surface area contributed by atoms with E-state index < -0.39 is 17.6 Å². The van der Waals surface area contributed by atoms with Crippen molar-refractivity contribution in [2.24, 2.45) is 0 Å². The van der Waals surface area contributed by atoms with E-state index in [0.29, 0.717) is 0 Å². The lowest BCUT2D eigenvalue weighted by Crippen LogP contribution is -2.71. The molecule has 2 fully saturated rings. The van der Waals surface area contributed by atoms with Crippen LogP contribution in [-0.2, 0) is 9.47 Å². The highest BCUT2D eigenvalue weighted by molar-refractivity contribution is 6.70. The molecule has 3 atom stereocenters. The van der Waals surface area contributed by atoms with Crippen molar-refractivity contribution in [1.29, 1.82) is 0 Å². The van der Waals surface area contributed by atoms with E-state index in [2.05, 4.69) is 38.3 Å². The molecule has 0 aromatic carbocycles. The first-order valence-electron chi connectivity index (χ1n) is 10.0. The third-order valence-electron chi connectivity index (χ3n) is 6.14. The molecule has 0 aliphatic carbocycles. The summed E-state index contributed by atoms with van der Waals surface area (Å²) in [5, 5.41) is 0.154. The van der Waals surface area contributed by atoms with Crippen LogP contribution >= 0.6 is 0 Å². The molecule has 0 aromatic rings. The van der Waals surface area contributed by atoms with Gasteiger partial charge in [0.25, 0.3) is 0 Å². The second-order valence-corrected chi connectivity index (χ2v) is 14.0. The van der Waals surface area contributed by atoms with Crippen LogP contribution in [0.5, 0.6) is 0 Å². The van der Waals surface area contributed by atoms with Crippen LogP contribution in [0.3, 0.4) is 0 Å². The third-order valence-corrected chi connectivity index (χ3v) is 12.5. The minimum atomic E-state index is -1.15. The van der Waals surface area contributed by atoms with Crippen LogP contribution < -0.4 is 0 Å². The van der Waals surface area contributed by atoms with Gasteiger partial charge in [0.15, 0.2) is 0 Å². The zero-order valence-corrected chi connectivity index (χ0v) is 18.2. The van der Waals surface area contributed by atoms with E-state index in [1.165, 1.54) is 57.8 Å². The van der Waals surface area contributed by atoms with Gasteiger partial charge in [-0.1, -0.05) is 51.2 Å². The molecule has 4 heteroatoms. The molecule has 0 bridgehead atoms. The molecular weight excluding hydrogens is 316 g/mol. The van der Waals surface area contributed by atoms with Crippen molar-refractivity contribution in [2.45, 2.75) is 94.8 Å². The van der Waals surface area contributed by atoms with Gasteiger partial charge < -0.3 is 9.47 Å². The lowest BCUT2D eigenvalue weighted by molar-refractivity contribution is -0.164. The molecule has 134 valence electrons. The van der Waals surface area contributed by atoms with Crippen molar-refractivity contribution in [1.82, 2.24) is 0 Å². The molecule has 2 aliphatic rings. The summed E-state index contributed by atoms with van der Waals surface area (Å²) in [4.78, 5) is 0. The third kappa shape index (κ3) is 4.02. The summed E-state index contributed by atoms with van der Waals surface area (Å²) in [5.74, 6) is 0. The maximum absolute atomic E-state index is 6.71. The van der Waals surface area contributed by atoms with Gasteiger partial charge in [-0.05, 0) is 44.9 Å². The average Bonchev–Trinajstić information content (AvgIpc) is 2.59. The first-order valence-corrected chi connectivity index (χ1v) is 15.3. The smallest absolute Gasteiger partial charge is 0.0988 e. The Hall–Kier alpha value is 0.0938. The molecular formula is C19H38O2Si2. The van der Waals surface area contributed by atoms with E-state index in [9.17, 15) is 0 Å². The maximum Gasteiger partial charge on any atom is 0.0988 e. The van der Waals surface area contributed by atoms with E-state index in [1.54, 1.807) is 0 Å². The minimum absolute atomic E-state index is 0.0643. The topological polar surface area (TPSA) is 18.5 Å². The van der Waals surface area contributed by atoms with Gasteiger partial charge >= 0.3 is 0 Å². The van der Waals surface area contributed by atoms with Gasteiger partial charge in [0, 0.05) is 13.2 Å². The molecule has 2 saturated heterocycles. The fourth-order valence-electron chi connectivity index (χ4n) is 4.77. The second kappa shape index (κ2) is 8.98. The van der Waals surface area contributed by atoms with E-state index in [0.717, 1.165) is 13.2 Å². The molecule has 23 heavy (non-hydrogen) atoms. The van der Waals surface area contributed by atoms with Gasteiger partial charge in [0.05, 0.1) is 28.0 Å². The van der Waals surface area contributed by atoms with E-state index in [1.807, 2.05) is 0 Å². The summed E-state index contributed by atoms with van der Waals surface area (Å²) in [5.41, 5.74) is 2.58. The van der Waals surface area contributed by atoms with Gasteiger partial charge in [0.1, 0.15) is 0 Å². The van der Waals surface area contributed by atoms with E-state index in [4.69, 9.17) is 9.47 Å². The standard InChI is InChI=1S/C19H38O2Si2/c1-5-6-7-12-17-23(4)19(14-9-11-16-21-19)18(22(2)3)13-8-10-15-20-18/h12,17,22-23H,5-11,13-16H2,1-4H3. The second-order valence-electron chi connectivity index (χ2n) is 7.90. The lowest BCUT2D eigenvalue weighted by Gasteiger charge is -2.57. The van der Waals surface area contributed by atoms with Crippen molar-refractivity contribution in [2.75, 3.05) is 13.2 Å². The van der Waals surface area contributed by atoms with E-state index >= 15 is 0 Å². The van der Waals surface area contributed by atoms with Gasteiger partial charge in [-0.15, -0.1) is 0 Å². The Bertz CT molecular complexity index is 370. The van der Waals surface area contributed by atoms with E-state index in [-0.39, 0.29) is 10.4 Å². The normalized spacial score (nSPS) is 34.1. The Balaban J connectivity index is 2.27. The number of hydrogen-bond acceptors (Lipinski definition) is 2. The van der Waals surface area contributed by atoms with Gasteiger partial charge in [-0.25, -0.2) is 0 Å². The Morgan fingerprint density at radius 3 is 2.00 bits per heavy atom.